The summed E-state index contributed by atoms with van der Waals surface area (Å²) in [6.45, 7) is 8.81. The van der Waals surface area contributed by atoms with Gasteiger partial charge in [0.05, 0.1) is 29.9 Å². The van der Waals surface area contributed by atoms with Crippen molar-refractivity contribution in [3.05, 3.63) is 104 Å². The SMILES string of the molecule is C=C1CCC(N2C(=O)c3cccc(OCCC(F)(F)CCNC(=O)C[C@@H]4N=C(c5ccc(Cl)cc5)c5c(sc(C)c5C)-n5c(C)nnc54)c3C2=O)C(=O)N1. The number of aromatic nitrogens is 3. The molecule has 54 heavy (non-hydrogen) atoms. The number of nitrogens with one attached hydrogen (secondary N) is 2. The van der Waals surface area contributed by atoms with Crippen molar-refractivity contribution in [3.63, 3.8) is 0 Å². The summed E-state index contributed by atoms with van der Waals surface area (Å²) in [7, 11) is 0. The van der Waals surface area contributed by atoms with Gasteiger partial charge in [-0.3, -0.25) is 33.6 Å². The molecule has 1 unspecified atom stereocenters. The van der Waals surface area contributed by atoms with Gasteiger partial charge >= 0.3 is 0 Å². The Labute approximate surface area is 318 Å². The summed E-state index contributed by atoms with van der Waals surface area (Å²) in [5, 5.41) is 15.3. The summed E-state index contributed by atoms with van der Waals surface area (Å²) in [5.74, 6) is -4.53. The Balaban J connectivity index is 0.987. The first-order valence-electron chi connectivity index (χ1n) is 17.4. The number of carbonyl (C=O) groups excluding carboxylic acids is 4. The minimum atomic E-state index is -3.23. The number of piperidine rings is 1. The number of amides is 4. The van der Waals surface area contributed by atoms with Gasteiger partial charge in [0.25, 0.3) is 17.7 Å². The number of hydrogen-bond donors (Lipinski definition) is 2. The summed E-state index contributed by atoms with van der Waals surface area (Å²) in [6, 6.07) is 9.86. The molecule has 0 radical (unpaired) electrons. The predicted molar refractivity (Wildman–Crippen MR) is 198 cm³/mol. The molecule has 4 amide bonds. The maximum Gasteiger partial charge on any atom is 0.266 e. The Bertz CT molecular complexity index is 2250. The number of rotatable bonds is 11. The number of hydrogen-bond acceptors (Lipinski definition) is 9. The predicted octanol–water partition coefficient (Wildman–Crippen LogP) is 6.19. The second kappa shape index (κ2) is 14.5. The molecule has 2 atom stereocenters. The lowest BCUT2D eigenvalue weighted by Gasteiger charge is -2.29. The van der Waals surface area contributed by atoms with Gasteiger partial charge in [-0.2, -0.15) is 0 Å². The molecule has 0 bridgehead atoms. The van der Waals surface area contributed by atoms with Crippen molar-refractivity contribution >= 4 is 52.3 Å². The third-order valence-electron chi connectivity index (χ3n) is 9.82. The Kier molecular flexibility index (Phi) is 9.96. The van der Waals surface area contributed by atoms with Gasteiger partial charge in [-0.25, -0.2) is 8.78 Å². The number of ether oxygens (including phenoxy) is 1. The van der Waals surface area contributed by atoms with Gasteiger partial charge in [0.2, 0.25) is 11.8 Å². The molecule has 3 aliphatic heterocycles. The molecule has 16 heteroatoms. The molecule has 7 rings (SSSR count). The molecule has 3 aliphatic rings. The normalized spacial score (nSPS) is 18.1. The maximum atomic E-state index is 15.1. The fourth-order valence-electron chi connectivity index (χ4n) is 6.88. The van der Waals surface area contributed by atoms with E-state index in [1.54, 1.807) is 23.5 Å². The van der Waals surface area contributed by atoms with Gasteiger partial charge in [-0.1, -0.05) is 36.4 Å². The van der Waals surface area contributed by atoms with Gasteiger partial charge in [0.1, 0.15) is 28.7 Å². The van der Waals surface area contributed by atoms with E-state index in [-0.39, 0.29) is 36.3 Å². The Morgan fingerprint density at radius 3 is 2.57 bits per heavy atom. The Hall–Kier alpha value is -5.28. The quantitative estimate of drug-likeness (QED) is 0.173. The van der Waals surface area contributed by atoms with Gasteiger partial charge in [-0.15, -0.1) is 21.5 Å². The molecule has 2 aromatic heterocycles. The molecule has 2 N–H and O–H groups in total. The second-order valence-corrected chi connectivity index (χ2v) is 15.1. The highest BCUT2D eigenvalue weighted by Crippen LogP contribution is 2.40. The molecular weight excluding hydrogens is 740 g/mol. The summed E-state index contributed by atoms with van der Waals surface area (Å²) >= 11 is 7.76. The highest BCUT2D eigenvalue weighted by molar-refractivity contribution is 7.15. The van der Waals surface area contributed by atoms with Crippen LogP contribution in [0, 0.1) is 20.8 Å². The van der Waals surface area contributed by atoms with Crippen molar-refractivity contribution in [2.24, 2.45) is 4.99 Å². The standard InChI is InChI=1S/C38H36ClF2N7O5S/c1-19-8-13-27(34(50)43-19)48-35(51)25-6-5-7-28(31(25)36(48)52)53-17-15-38(40,41)14-16-42-29(49)18-26-33-46-45-22(4)47(33)37-30(20(2)21(3)54-37)32(44-26)23-9-11-24(39)12-10-23/h5-7,9-12,26-27H,1,8,13-18H2,2-4H3,(H,42,49)(H,43,50)/t26-,27?/m0/s1. The molecular formula is C38H36ClF2N7O5S. The van der Waals surface area contributed by atoms with E-state index < -0.39 is 61.1 Å². The first-order valence-corrected chi connectivity index (χ1v) is 18.6. The number of fused-ring (bicyclic) bond motifs is 4. The molecule has 1 fully saturated rings. The number of nitrogens with zero attached hydrogens (tertiary/aromatic N) is 5. The van der Waals surface area contributed by atoms with Crippen LogP contribution in [0.5, 0.6) is 5.75 Å². The number of carbonyl (C=O) groups is 4. The monoisotopic (exact) mass is 775 g/mol. The molecule has 12 nitrogen and oxygen atoms in total. The van der Waals surface area contributed by atoms with Crippen LogP contribution in [0.4, 0.5) is 8.78 Å². The van der Waals surface area contributed by atoms with Crippen LogP contribution >= 0.6 is 22.9 Å². The van der Waals surface area contributed by atoms with Crippen LogP contribution in [0.25, 0.3) is 5.00 Å². The third kappa shape index (κ3) is 6.93. The smallest absolute Gasteiger partial charge is 0.266 e. The molecule has 0 spiro atoms. The average Bonchev–Trinajstić information content (AvgIpc) is 3.70. The second-order valence-electron chi connectivity index (χ2n) is 13.5. The number of allylic oxidation sites excluding steroid dienone is 1. The van der Waals surface area contributed by atoms with E-state index in [9.17, 15) is 19.2 Å². The summed E-state index contributed by atoms with van der Waals surface area (Å²) in [4.78, 5) is 59.3. The van der Waals surface area contributed by atoms with Gasteiger partial charge in [0, 0.05) is 46.1 Å². The van der Waals surface area contributed by atoms with E-state index in [1.165, 1.54) is 18.2 Å². The van der Waals surface area contributed by atoms with Crippen molar-refractivity contribution < 1.29 is 32.7 Å². The fourth-order valence-corrected chi connectivity index (χ4v) is 8.22. The average molecular weight is 776 g/mol. The van der Waals surface area contributed by atoms with Crippen LogP contribution in [0.3, 0.4) is 0 Å². The molecule has 5 heterocycles. The molecule has 0 aliphatic carbocycles. The summed E-state index contributed by atoms with van der Waals surface area (Å²) in [6.07, 6.45) is -0.911. The van der Waals surface area contributed by atoms with E-state index in [4.69, 9.17) is 21.3 Å². The van der Waals surface area contributed by atoms with E-state index >= 15 is 8.78 Å². The Morgan fingerprint density at radius 1 is 1.07 bits per heavy atom. The Morgan fingerprint density at radius 2 is 1.83 bits per heavy atom. The molecule has 0 saturated carbocycles. The zero-order valence-corrected chi connectivity index (χ0v) is 31.2. The molecule has 2 aromatic carbocycles. The zero-order valence-electron chi connectivity index (χ0n) is 29.7. The van der Waals surface area contributed by atoms with Crippen molar-refractivity contribution in [1.29, 1.82) is 0 Å². The van der Waals surface area contributed by atoms with Crippen molar-refractivity contribution in [2.45, 2.75) is 70.9 Å². The lowest BCUT2D eigenvalue weighted by molar-refractivity contribution is -0.125. The van der Waals surface area contributed by atoms with E-state index in [0.717, 1.165) is 31.5 Å². The van der Waals surface area contributed by atoms with Crippen molar-refractivity contribution in [3.8, 4) is 10.8 Å². The molecule has 4 aromatic rings. The number of aryl methyl sites for hydroxylation is 2. The maximum absolute atomic E-state index is 15.1. The zero-order chi connectivity index (χ0) is 38.5. The molecule has 280 valence electrons. The van der Waals surface area contributed by atoms with Crippen LogP contribution in [0.1, 0.15) is 92.1 Å². The largest absolute Gasteiger partial charge is 0.492 e. The highest BCUT2D eigenvalue weighted by Gasteiger charge is 2.45. The number of alkyl halides is 2. The van der Waals surface area contributed by atoms with Crippen molar-refractivity contribution in [1.82, 2.24) is 30.3 Å². The number of imide groups is 1. The van der Waals surface area contributed by atoms with Gasteiger partial charge in [-0.05, 0) is 63.4 Å². The number of halogens is 3. The lowest BCUT2D eigenvalue weighted by Crippen LogP contribution is -2.51. The minimum absolute atomic E-state index is 0.0252. The number of aliphatic imine (C=N–C) groups is 1. The number of thiophene rings is 1. The van der Waals surface area contributed by atoms with Crippen LogP contribution in [0.2, 0.25) is 5.02 Å². The third-order valence-corrected chi connectivity index (χ3v) is 11.3. The van der Waals surface area contributed by atoms with Crippen LogP contribution < -0.4 is 15.4 Å². The van der Waals surface area contributed by atoms with E-state index in [0.29, 0.717) is 34.5 Å². The van der Waals surface area contributed by atoms with E-state index in [2.05, 4.69) is 27.4 Å². The topological polar surface area (TPSA) is 148 Å². The van der Waals surface area contributed by atoms with Crippen molar-refractivity contribution in [2.75, 3.05) is 13.2 Å². The highest BCUT2D eigenvalue weighted by atomic mass is 35.5. The summed E-state index contributed by atoms with van der Waals surface area (Å²) in [5.41, 5.74) is 3.90. The van der Waals surface area contributed by atoms with Crippen LogP contribution in [-0.2, 0) is 9.59 Å². The van der Waals surface area contributed by atoms with Gasteiger partial charge < -0.3 is 15.4 Å². The summed E-state index contributed by atoms with van der Waals surface area (Å²) < 4.78 is 37.7. The fraction of sp³-hybridized carbons (Fsp3) is 0.342. The van der Waals surface area contributed by atoms with Gasteiger partial charge in [0.15, 0.2) is 5.82 Å². The van der Waals surface area contributed by atoms with Crippen LogP contribution in [-0.4, -0.2) is 74.1 Å². The first kappa shape index (κ1) is 37.1. The number of benzene rings is 2. The minimum Gasteiger partial charge on any atom is -0.492 e. The molecule has 1 saturated heterocycles. The van der Waals surface area contributed by atoms with Crippen LogP contribution in [0.15, 0.2) is 59.7 Å². The first-order chi connectivity index (χ1) is 25.7. The lowest BCUT2D eigenvalue weighted by atomic mass is 9.99. The van der Waals surface area contributed by atoms with E-state index in [1.807, 2.05) is 37.5 Å².